The maximum atomic E-state index is 12.1. The molecule has 17 heavy (non-hydrogen) atoms. The van der Waals surface area contributed by atoms with Crippen LogP contribution in [0.5, 0.6) is 0 Å². The average molecular weight is 341 g/mol. The zero-order valence-corrected chi connectivity index (χ0v) is 12.9. The van der Waals surface area contributed by atoms with Crippen molar-refractivity contribution < 1.29 is 13.2 Å². The molecule has 0 fully saturated rings. The van der Waals surface area contributed by atoms with Crippen LogP contribution in [0.1, 0.15) is 0 Å². The summed E-state index contributed by atoms with van der Waals surface area (Å²) in [5, 5.41) is 1.68. The highest BCUT2D eigenvalue weighted by Crippen LogP contribution is 2.29. The van der Waals surface area contributed by atoms with E-state index < -0.39 is 10.0 Å². The number of carbonyl (C=O) groups is 1. The number of rotatable bonds is 4. The van der Waals surface area contributed by atoms with E-state index in [1.54, 1.807) is 25.5 Å². The molecule has 1 aromatic heterocycles. The normalized spacial score (nSPS) is 11.8. The lowest BCUT2D eigenvalue weighted by Gasteiger charge is -2.18. The van der Waals surface area contributed by atoms with Gasteiger partial charge in [0.15, 0.2) is 0 Å². The standard InChI is InChI=1S/C9H13BrN2O3S2/c1-11(2)8(13)6-12(3)17(14,15)9-7(10)4-5-16-9/h4-5H,6H2,1-3H3. The molecule has 0 saturated heterocycles. The van der Waals surface area contributed by atoms with E-state index in [1.165, 1.54) is 11.9 Å². The number of sulfonamides is 1. The fourth-order valence-electron chi connectivity index (χ4n) is 1.02. The van der Waals surface area contributed by atoms with Gasteiger partial charge in [-0.15, -0.1) is 11.3 Å². The summed E-state index contributed by atoms with van der Waals surface area (Å²) in [7, 11) is 0.969. The number of carbonyl (C=O) groups excluding carboxylic acids is 1. The first-order valence-corrected chi connectivity index (χ1v) is 7.77. The van der Waals surface area contributed by atoms with Crippen LogP contribution in [0.4, 0.5) is 0 Å². The maximum Gasteiger partial charge on any atom is 0.253 e. The van der Waals surface area contributed by atoms with Gasteiger partial charge in [0, 0.05) is 25.6 Å². The van der Waals surface area contributed by atoms with Gasteiger partial charge >= 0.3 is 0 Å². The Hall–Kier alpha value is -0.440. The molecular formula is C9H13BrN2O3S2. The predicted octanol–water partition coefficient (Wildman–Crippen LogP) is 1.22. The number of halogens is 1. The maximum absolute atomic E-state index is 12.1. The van der Waals surface area contributed by atoms with Crippen LogP contribution in [-0.4, -0.2) is 51.2 Å². The molecular weight excluding hydrogens is 328 g/mol. The lowest BCUT2D eigenvalue weighted by molar-refractivity contribution is -0.128. The molecule has 0 aliphatic carbocycles. The largest absolute Gasteiger partial charge is 0.348 e. The number of hydrogen-bond acceptors (Lipinski definition) is 4. The summed E-state index contributed by atoms with van der Waals surface area (Å²) in [6, 6.07) is 1.67. The van der Waals surface area contributed by atoms with Crippen molar-refractivity contribution in [2.45, 2.75) is 4.21 Å². The van der Waals surface area contributed by atoms with Crippen molar-refractivity contribution in [1.82, 2.24) is 9.21 Å². The third-order valence-electron chi connectivity index (χ3n) is 2.09. The van der Waals surface area contributed by atoms with Gasteiger partial charge < -0.3 is 4.90 Å². The highest BCUT2D eigenvalue weighted by atomic mass is 79.9. The first-order chi connectivity index (χ1) is 7.76. The van der Waals surface area contributed by atoms with Crippen molar-refractivity contribution in [3.8, 4) is 0 Å². The molecule has 0 N–H and O–H groups in total. The van der Waals surface area contributed by atoms with Gasteiger partial charge in [-0.25, -0.2) is 8.42 Å². The first kappa shape index (κ1) is 14.6. The van der Waals surface area contributed by atoms with Crippen molar-refractivity contribution in [3.05, 3.63) is 15.9 Å². The number of hydrogen-bond donors (Lipinski definition) is 0. The second-order valence-electron chi connectivity index (χ2n) is 3.61. The predicted molar refractivity (Wildman–Crippen MR) is 70.5 cm³/mol. The molecule has 1 aromatic rings. The van der Waals surface area contributed by atoms with E-state index in [9.17, 15) is 13.2 Å². The minimum Gasteiger partial charge on any atom is -0.348 e. The molecule has 96 valence electrons. The van der Waals surface area contributed by atoms with E-state index in [1.807, 2.05) is 0 Å². The Labute approximate surface area is 113 Å². The van der Waals surface area contributed by atoms with Crippen molar-refractivity contribution >= 4 is 43.2 Å². The van der Waals surface area contributed by atoms with Crippen molar-refractivity contribution in [3.63, 3.8) is 0 Å². The Morgan fingerprint density at radius 2 is 2.00 bits per heavy atom. The topological polar surface area (TPSA) is 57.7 Å². The number of nitrogens with zero attached hydrogens (tertiary/aromatic N) is 2. The Morgan fingerprint density at radius 1 is 1.41 bits per heavy atom. The van der Waals surface area contributed by atoms with E-state index in [4.69, 9.17) is 0 Å². The van der Waals surface area contributed by atoms with Gasteiger partial charge in [0.2, 0.25) is 5.91 Å². The molecule has 0 radical (unpaired) electrons. The Kier molecular flexibility index (Phi) is 4.70. The first-order valence-electron chi connectivity index (χ1n) is 4.66. The summed E-state index contributed by atoms with van der Waals surface area (Å²) in [6.45, 7) is -0.167. The molecule has 0 bridgehead atoms. The minimum absolute atomic E-state index is 0.167. The number of thiophene rings is 1. The second kappa shape index (κ2) is 5.47. The summed E-state index contributed by atoms with van der Waals surface area (Å²) < 4.78 is 26.0. The molecule has 0 unspecified atom stereocenters. The molecule has 0 aliphatic heterocycles. The second-order valence-corrected chi connectivity index (χ2v) is 7.62. The van der Waals surface area contributed by atoms with Gasteiger partial charge in [-0.2, -0.15) is 4.31 Å². The van der Waals surface area contributed by atoms with Crippen molar-refractivity contribution in [2.24, 2.45) is 0 Å². The van der Waals surface area contributed by atoms with E-state index in [-0.39, 0.29) is 16.7 Å². The quantitative estimate of drug-likeness (QED) is 0.827. The molecule has 1 rings (SSSR count). The zero-order valence-electron chi connectivity index (χ0n) is 9.68. The van der Waals surface area contributed by atoms with Crippen LogP contribution < -0.4 is 0 Å². The van der Waals surface area contributed by atoms with Gasteiger partial charge in [-0.1, -0.05) is 0 Å². The molecule has 0 saturated carbocycles. The van der Waals surface area contributed by atoms with E-state index >= 15 is 0 Å². The smallest absolute Gasteiger partial charge is 0.253 e. The summed E-state index contributed by atoms with van der Waals surface area (Å²) in [6.07, 6.45) is 0. The van der Waals surface area contributed by atoms with Gasteiger partial charge in [-0.05, 0) is 27.4 Å². The molecule has 0 atom stereocenters. The Morgan fingerprint density at radius 3 is 2.41 bits per heavy atom. The van der Waals surface area contributed by atoms with Crippen LogP contribution in [0.25, 0.3) is 0 Å². The van der Waals surface area contributed by atoms with E-state index in [0.717, 1.165) is 15.6 Å². The highest BCUT2D eigenvalue weighted by molar-refractivity contribution is 9.10. The van der Waals surface area contributed by atoms with Gasteiger partial charge in [0.05, 0.1) is 6.54 Å². The van der Waals surface area contributed by atoms with Crippen LogP contribution in [0, 0.1) is 0 Å². The van der Waals surface area contributed by atoms with Gasteiger partial charge in [-0.3, -0.25) is 4.79 Å². The Balaban J connectivity index is 2.93. The summed E-state index contributed by atoms with van der Waals surface area (Å²) in [4.78, 5) is 12.8. The van der Waals surface area contributed by atoms with Crippen LogP contribution >= 0.6 is 27.3 Å². The van der Waals surface area contributed by atoms with Crippen LogP contribution in [-0.2, 0) is 14.8 Å². The SMILES string of the molecule is CN(C)C(=O)CN(C)S(=O)(=O)c1sccc1Br. The third-order valence-corrected chi connectivity index (χ3v) is 6.54. The van der Waals surface area contributed by atoms with Gasteiger partial charge in [0.1, 0.15) is 4.21 Å². The Bertz CT molecular complexity index is 510. The molecule has 0 aliphatic rings. The molecule has 8 heteroatoms. The fraction of sp³-hybridized carbons (Fsp3) is 0.444. The van der Waals surface area contributed by atoms with Gasteiger partial charge in [0.25, 0.3) is 10.0 Å². The summed E-state index contributed by atoms with van der Waals surface area (Å²) in [5.74, 6) is -0.260. The van der Waals surface area contributed by atoms with Crippen molar-refractivity contribution in [2.75, 3.05) is 27.7 Å². The van der Waals surface area contributed by atoms with Crippen molar-refractivity contribution in [1.29, 1.82) is 0 Å². The minimum atomic E-state index is -3.60. The lowest BCUT2D eigenvalue weighted by Crippen LogP contribution is -2.37. The average Bonchev–Trinajstić information content (AvgIpc) is 2.64. The summed E-state index contributed by atoms with van der Waals surface area (Å²) >= 11 is 4.29. The zero-order chi connectivity index (χ0) is 13.2. The monoisotopic (exact) mass is 340 g/mol. The molecule has 1 heterocycles. The van der Waals surface area contributed by atoms with Crippen LogP contribution in [0.2, 0.25) is 0 Å². The number of likely N-dealkylation sites (N-methyl/N-ethyl adjacent to an activating group) is 2. The fourth-order valence-corrected chi connectivity index (χ4v) is 4.64. The molecule has 0 spiro atoms. The van der Waals surface area contributed by atoms with Crippen LogP contribution in [0.3, 0.4) is 0 Å². The lowest BCUT2D eigenvalue weighted by atomic mass is 10.5. The highest BCUT2D eigenvalue weighted by Gasteiger charge is 2.26. The summed E-state index contributed by atoms with van der Waals surface area (Å²) in [5.41, 5.74) is 0. The molecule has 0 aromatic carbocycles. The molecule has 5 nitrogen and oxygen atoms in total. The van der Waals surface area contributed by atoms with E-state index in [2.05, 4.69) is 15.9 Å². The third kappa shape index (κ3) is 3.27. The molecule has 1 amide bonds. The van der Waals surface area contributed by atoms with E-state index in [0.29, 0.717) is 4.47 Å². The van der Waals surface area contributed by atoms with Crippen LogP contribution in [0.15, 0.2) is 20.1 Å². The number of amides is 1.